The Kier molecular flexibility index (Phi) is 6.67. The molecule has 1 rings (SSSR count). The zero-order valence-electron chi connectivity index (χ0n) is 11.0. The van der Waals surface area contributed by atoms with Crippen LogP contribution in [0.2, 0.25) is 0 Å². The van der Waals surface area contributed by atoms with Crippen molar-refractivity contribution in [2.45, 2.75) is 32.2 Å². The number of hydrogen-bond donors (Lipinski definition) is 3. The van der Waals surface area contributed by atoms with Crippen molar-refractivity contribution in [1.82, 2.24) is 10.6 Å². The molecule has 1 unspecified atom stereocenters. The Morgan fingerprint density at radius 3 is 2.89 bits per heavy atom. The second kappa shape index (κ2) is 8.31. The number of furan rings is 1. The Bertz CT molecular complexity index is 389. The molecule has 1 aromatic rings. The fraction of sp³-hybridized carbons (Fsp3) is 0.538. The molecule has 19 heavy (non-hydrogen) atoms. The first-order valence-electron chi connectivity index (χ1n) is 6.35. The lowest BCUT2D eigenvalue weighted by Crippen LogP contribution is -2.35. The molecule has 0 bridgehead atoms. The monoisotopic (exact) mass is 268 g/mol. The minimum absolute atomic E-state index is 0.0282. The van der Waals surface area contributed by atoms with Gasteiger partial charge >= 0.3 is 0 Å². The van der Waals surface area contributed by atoms with Gasteiger partial charge in [0.25, 0.3) is 5.91 Å². The smallest absolute Gasteiger partial charge is 0.286 e. The van der Waals surface area contributed by atoms with Crippen LogP contribution >= 0.6 is 0 Å². The summed E-state index contributed by atoms with van der Waals surface area (Å²) in [5.74, 6) is -0.215. The predicted molar refractivity (Wildman–Crippen MR) is 69.6 cm³/mol. The minimum atomic E-state index is -0.328. The highest BCUT2D eigenvalue weighted by Gasteiger charge is 2.10. The van der Waals surface area contributed by atoms with Crippen molar-refractivity contribution in [3.05, 3.63) is 24.2 Å². The third kappa shape index (κ3) is 6.05. The van der Waals surface area contributed by atoms with E-state index in [1.54, 1.807) is 12.1 Å². The topological polar surface area (TPSA) is 91.6 Å². The molecule has 1 atom stereocenters. The Balaban J connectivity index is 2.15. The first-order chi connectivity index (χ1) is 9.13. The molecular weight excluding hydrogens is 248 g/mol. The third-order valence-electron chi connectivity index (χ3n) is 2.59. The molecule has 0 aliphatic carbocycles. The molecule has 1 aromatic heterocycles. The van der Waals surface area contributed by atoms with Gasteiger partial charge in [0, 0.05) is 25.6 Å². The standard InChI is InChI=1S/C13H20N2O4/c1-10(4-2-8-16)15-12(17)6-7-14-13(18)11-5-3-9-19-11/h3,5,9-10,16H,2,4,6-8H2,1H3,(H,14,18)(H,15,17). The highest BCUT2D eigenvalue weighted by atomic mass is 16.3. The molecule has 0 saturated carbocycles. The first kappa shape index (κ1) is 15.2. The molecule has 0 fully saturated rings. The van der Waals surface area contributed by atoms with Crippen LogP contribution in [0, 0.1) is 0 Å². The molecule has 0 aromatic carbocycles. The van der Waals surface area contributed by atoms with Crippen molar-refractivity contribution < 1.29 is 19.1 Å². The van der Waals surface area contributed by atoms with Crippen LogP contribution in [-0.2, 0) is 4.79 Å². The summed E-state index contributed by atoms with van der Waals surface area (Å²) in [5, 5.41) is 14.1. The summed E-state index contributed by atoms with van der Waals surface area (Å²) in [6.07, 6.45) is 3.04. The van der Waals surface area contributed by atoms with Crippen LogP contribution in [0.25, 0.3) is 0 Å². The van der Waals surface area contributed by atoms with Crippen molar-refractivity contribution in [1.29, 1.82) is 0 Å². The normalized spacial score (nSPS) is 11.9. The van der Waals surface area contributed by atoms with E-state index in [1.807, 2.05) is 6.92 Å². The minimum Gasteiger partial charge on any atom is -0.459 e. The molecule has 106 valence electrons. The average molecular weight is 268 g/mol. The molecule has 6 heteroatoms. The van der Waals surface area contributed by atoms with Gasteiger partial charge in [-0.05, 0) is 31.9 Å². The maximum Gasteiger partial charge on any atom is 0.286 e. The molecule has 0 radical (unpaired) electrons. The average Bonchev–Trinajstić information content (AvgIpc) is 2.90. The van der Waals surface area contributed by atoms with Gasteiger partial charge in [0.05, 0.1) is 6.26 Å². The van der Waals surface area contributed by atoms with Crippen molar-refractivity contribution >= 4 is 11.8 Å². The van der Waals surface area contributed by atoms with Gasteiger partial charge in [0.1, 0.15) is 0 Å². The SMILES string of the molecule is CC(CCCO)NC(=O)CCNC(=O)c1ccco1. The van der Waals surface area contributed by atoms with Crippen molar-refractivity contribution in [2.75, 3.05) is 13.2 Å². The molecular formula is C13H20N2O4. The summed E-state index contributed by atoms with van der Waals surface area (Å²) in [5.41, 5.74) is 0. The van der Waals surface area contributed by atoms with Gasteiger partial charge in [-0.2, -0.15) is 0 Å². The van der Waals surface area contributed by atoms with Gasteiger partial charge < -0.3 is 20.2 Å². The molecule has 0 aliphatic heterocycles. The molecule has 0 aliphatic rings. The van der Waals surface area contributed by atoms with Crippen LogP contribution in [0.5, 0.6) is 0 Å². The number of hydrogen-bond acceptors (Lipinski definition) is 4. The van der Waals surface area contributed by atoms with E-state index in [-0.39, 0.29) is 43.2 Å². The maximum absolute atomic E-state index is 11.5. The quantitative estimate of drug-likeness (QED) is 0.646. The fourth-order valence-corrected chi connectivity index (χ4v) is 1.60. The van der Waals surface area contributed by atoms with Crippen LogP contribution in [0.15, 0.2) is 22.8 Å². The van der Waals surface area contributed by atoms with Crippen LogP contribution in [0.4, 0.5) is 0 Å². The highest BCUT2D eigenvalue weighted by Crippen LogP contribution is 1.99. The number of carbonyl (C=O) groups is 2. The molecule has 0 spiro atoms. The zero-order chi connectivity index (χ0) is 14.1. The number of amides is 2. The summed E-state index contributed by atoms with van der Waals surface area (Å²) in [4.78, 5) is 23.0. The van der Waals surface area contributed by atoms with Crippen LogP contribution in [-0.4, -0.2) is 36.1 Å². The van der Waals surface area contributed by atoms with Crippen molar-refractivity contribution in [2.24, 2.45) is 0 Å². The summed E-state index contributed by atoms with van der Waals surface area (Å²) in [7, 11) is 0. The van der Waals surface area contributed by atoms with Gasteiger partial charge in [-0.25, -0.2) is 0 Å². The van der Waals surface area contributed by atoms with Gasteiger partial charge in [-0.1, -0.05) is 0 Å². The van der Waals surface area contributed by atoms with E-state index in [2.05, 4.69) is 10.6 Å². The maximum atomic E-state index is 11.5. The third-order valence-corrected chi connectivity index (χ3v) is 2.59. The number of rotatable bonds is 8. The van der Waals surface area contributed by atoms with Crippen LogP contribution < -0.4 is 10.6 Å². The van der Waals surface area contributed by atoms with Crippen molar-refractivity contribution in [3.63, 3.8) is 0 Å². The van der Waals surface area contributed by atoms with E-state index in [4.69, 9.17) is 9.52 Å². The fourth-order valence-electron chi connectivity index (χ4n) is 1.60. The largest absolute Gasteiger partial charge is 0.459 e. The second-order valence-corrected chi connectivity index (χ2v) is 4.32. The van der Waals surface area contributed by atoms with E-state index in [1.165, 1.54) is 6.26 Å². The number of aliphatic hydroxyl groups is 1. The first-order valence-corrected chi connectivity index (χ1v) is 6.35. The molecule has 6 nitrogen and oxygen atoms in total. The number of nitrogens with one attached hydrogen (secondary N) is 2. The lowest BCUT2D eigenvalue weighted by atomic mass is 10.2. The molecule has 2 amide bonds. The summed E-state index contributed by atoms with van der Waals surface area (Å²) >= 11 is 0. The molecule has 0 saturated heterocycles. The second-order valence-electron chi connectivity index (χ2n) is 4.32. The zero-order valence-corrected chi connectivity index (χ0v) is 11.0. The summed E-state index contributed by atoms with van der Waals surface area (Å²) < 4.78 is 4.93. The van der Waals surface area contributed by atoms with E-state index in [9.17, 15) is 9.59 Å². The van der Waals surface area contributed by atoms with Crippen LogP contribution in [0.1, 0.15) is 36.7 Å². The van der Waals surface area contributed by atoms with Gasteiger partial charge in [-0.15, -0.1) is 0 Å². The Hall–Kier alpha value is -1.82. The summed E-state index contributed by atoms with van der Waals surface area (Å²) in [6, 6.07) is 3.22. The van der Waals surface area contributed by atoms with Crippen molar-refractivity contribution in [3.8, 4) is 0 Å². The lowest BCUT2D eigenvalue weighted by molar-refractivity contribution is -0.121. The Labute approximate surface area is 112 Å². The Morgan fingerprint density at radius 1 is 1.47 bits per heavy atom. The number of aliphatic hydroxyl groups excluding tert-OH is 1. The number of carbonyl (C=O) groups excluding carboxylic acids is 2. The van der Waals surface area contributed by atoms with E-state index < -0.39 is 0 Å². The predicted octanol–water partition coefficient (Wildman–Crippen LogP) is 0.677. The highest BCUT2D eigenvalue weighted by molar-refractivity contribution is 5.91. The van der Waals surface area contributed by atoms with Crippen LogP contribution in [0.3, 0.4) is 0 Å². The summed E-state index contributed by atoms with van der Waals surface area (Å²) in [6.45, 7) is 2.27. The lowest BCUT2D eigenvalue weighted by Gasteiger charge is -2.13. The van der Waals surface area contributed by atoms with E-state index in [0.29, 0.717) is 6.42 Å². The van der Waals surface area contributed by atoms with Gasteiger partial charge in [0.2, 0.25) is 5.91 Å². The molecule has 3 N–H and O–H groups in total. The van der Waals surface area contributed by atoms with E-state index >= 15 is 0 Å². The Morgan fingerprint density at radius 2 is 2.26 bits per heavy atom. The van der Waals surface area contributed by atoms with Gasteiger partial charge in [-0.3, -0.25) is 9.59 Å². The molecule has 1 heterocycles. The van der Waals surface area contributed by atoms with E-state index in [0.717, 1.165) is 6.42 Å². The van der Waals surface area contributed by atoms with Gasteiger partial charge in [0.15, 0.2) is 5.76 Å².